The molecule has 0 fully saturated rings. The van der Waals surface area contributed by atoms with Crippen LogP contribution in [0.1, 0.15) is 13.8 Å². The van der Waals surface area contributed by atoms with Crippen molar-refractivity contribution in [2.45, 2.75) is 24.8 Å². The topological polar surface area (TPSA) is 82.2 Å². The van der Waals surface area contributed by atoms with Crippen molar-refractivity contribution in [1.29, 1.82) is 0 Å². The number of hydrogen-bond acceptors (Lipinski definition) is 3. The molecule has 1 aromatic heterocycles. The van der Waals surface area contributed by atoms with Crippen LogP contribution >= 0.6 is 0 Å². The van der Waals surface area contributed by atoms with Gasteiger partial charge in [0, 0.05) is 17.6 Å². The zero-order valence-corrected chi connectivity index (χ0v) is 10.4. The second-order valence-corrected chi connectivity index (χ2v) is 5.81. The minimum Gasteiger partial charge on any atom is -0.506 e. The van der Waals surface area contributed by atoms with E-state index in [0.717, 1.165) is 0 Å². The molecule has 0 spiro atoms. The minimum atomic E-state index is -3.57. The van der Waals surface area contributed by atoms with Crippen molar-refractivity contribution in [1.82, 2.24) is 9.71 Å². The predicted octanol–water partition coefficient (Wildman–Crippen LogP) is 1.56. The fourth-order valence-electron chi connectivity index (χ4n) is 1.71. The molecule has 5 nitrogen and oxygen atoms in total. The molecule has 1 aromatic carbocycles. The number of sulfonamides is 1. The quantitative estimate of drug-likeness (QED) is 0.777. The summed E-state index contributed by atoms with van der Waals surface area (Å²) in [6.45, 7) is 3.51. The van der Waals surface area contributed by atoms with E-state index in [1.54, 1.807) is 26.0 Å². The maximum absolute atomic E-state index is 12.1. The van der Waals surface area contributed by atoms with Crippen LogP contribution in [0.15, 0.2) is 29.3 Å². The first-order chi connectivity index (χ1) is 7.92. The molecule has 0 bridgehead atoms. The second-order valence-electron chi connectivity index (χ2n) is 4.13. The molecular formula is C11H14N2O3S. The third kappa shape index (κ3) is 2.13. The van der Waals surface area contributed by atoms with Gasteiger partial charge in [0.1, 0.15) is 10.6 Å². The zero-order chi connectivity index (χ0) is 12.6. The number of aromatic nitrogens is 1. The van der Waals surface area contributed by atoms with Gasteiger partial charge in [-0.25, -0.2) is 13.1 Å². The molecule has 0 aliphatic heterocycles. The van der Waals surface area contributed by atoms with E-state index < -0.39 is 10.0 Å². The molecule has 0 saturated carbocycles. The van der Waals surface area contributed by atoms with E-state index in [0.29, 0.717) is 10.9 Å². The Hall–Kier alpha value is -1.53. The third-order valence-electron chi connectivity index (χ3n) is 2.34. The summed E-state index contributed by atoms with van der Waals surface area (Å²) < 4.78 is 26.6. The first kappa shape index (κ1) is 11.9. The molecule has 0 unspecified atom stereocenters. The molecule has 0 radical (unpaired) electrons. The first-order valence-corrected chi connectivity index (χ1v) is 6.71. The van der Waals surface area contributed by atoms with Crippen LogP contribution in [0, 0.1) is 0 Å². The number of hydrogen-bond donors (Lipinski definition) is 3. The van der Waals surface area contributed by atoms with Crippen LogP contribution in [0.3, 0.4) is 0 Å². The molecule has 6 heteroatoms. The van der Waals surface area contributed by atoms with Crippen LogP contribution in [-0.2, 0) is 10.0 Å². The average Bonchev–Trinajstić information content (AvgIpc) is 2.58. The number of fused-ring (bicyclic) bond motifs is 1. The molecule has 17 heavy (non-hydrogen) atoms. The summed E-state index contributed by atoms with van der Waals surface area (Å²) in [5.74, 6) is 0.0431. The lowest BCUT2D eigenvalue weighted by molar-refractivity contribution is 0.481. The Morgan fingerprint density at radius 2 is 2.06 bits per heavy atom. The largest absolute Gasteiger partial charge is 0.506 e. The van der Waals surface area contributed by atoms with Gasteiger partial charge in [-0.2, -0.15) is 0 Å². The lowest BCUT2D eigenvalue weighted by Crippen LogP contribution is -2.30. The van der Waals surface area contributed by atoms with E-state index >= 15 is 0 Å². The lowest BCUT2D eigenvalue weighted by atomic mass is 10.2. The van der Waals surface area contributed by atoms with Gasteiger partial charge in [-0.05, 0) is 26.0 Å². The number of rotatable bonds is 3. The number of aromatic hydroxyl groups is 1. The Bertz CT molecular complexity index is 644. The third-order valence-corrected chi connectivity index (χ3v) is 4.04. The van der Waals surface area contributed by atoms with Gasteiger partial charge in [0.25, 0.3) is 0 Å². The fraction of sp³-hybridized carbons (Fsp3) is 0.273. The molecule has 2 rings (SSSR count). The molecular weight excluding hydrogens is 240 g/mol. The molecule has 0 amide bonds. The number of nitrogens with one attached hydrogen (secondary N) is 2. The van der Waals surface area contributed by atoms with Crippen LogP contribution in [0.25, 0.3) is 10.9 Å². The maximum Gasteiger partial charge on any atom is 0.242 e. The van der Waals surface area contributed by atoms with E-state index in [4.69, 9.17) is 0 Å². The Morgan fingerprint density at radius 1 is 1.35 bits per heavy atom. The van der Waals surface area contributed by atoms with Crippen LogP contribution in [0.5, 0.6) is 5.75 Å². The van der Waals surface area contributed by atoms with Crippen molar-refractivity contribution in [3.05, 3.63) is 24.4 Å². The van der Waals surface area contributed by atoms with Crippen molar-refractivity contribution in [2.24, 2.45) is 0 Å². The molecule has 0 aliphatic carbocycles. The Labute approximate surface area is 99.5 Å². The minimum absolute atomic E-state index is 0.0431. The van der Waals surface area contributed by atoms with Crippen LogP contribution in [0.2, 0.25) is 0 Å². The van der Waals surface area contributed by atoms with E-state index in [-0.39, 0.29) is 16.7 Å². The number of aromatic amines is 1. The summed E-state index contributed by atoms with van der Waals surface area (Å²) in [6.07, 6.45) is 1.37. The van der Waals surface area contributed by atoms with Crippen LogP contribution in [-0.4, -0.2) is 24.6 Å². The highest BCUT2D eigenvalue weighted by Gasteiger charge is 2.19. The molecule has 0 atom stereocenters. The first-order valence-electron chi connectivity index (χ1n) is 5.23. The summed E-state index contributed by atoms with van der Waals surface area (Å²) >= 11 is 0. The van der Waals surface area contributed by atoms with Gasteiger partial charge in [-0.3, -0.25) is 0 Å². The zero-order valence-electron chi connectivity index (χ0n) is 9.56. The summed E-state index contributed by atoms with van der Waals surface area (Å²) in [6, 6.07) is 4.59. The molecule has 3 N–H and O–H groups in total. The highest BCUT2D eigenvalue weighted by Crippen LogP contribution is 2.28. The highest BCUT2D eigenvalue weighted by atomic mass is 32.2. The van der Waals surface area contributed by atoms with Gasteiger partial charge < -0.3 is 10.1 Å². The van der Waals surface area contributed by atoms with E-state index in [9.17, 15) is 13.5 Å². The highest BCUT2D eigenvalue weighted by molar-refractivity contribution is 7.89. The summed E-state index contributed by atoms with van der Waals surface area (Å²) in [5, 5.41) is 10.0. The molecule has 2 aromatic rings. The second kappa shape index (κ2) is 4.05. The molecule has 0 aliphatic rings. The van der Waals surface area contributed by atoms with Gasteiger partial charge >= 0.3 is 0 Å². The van der Waals surface area contributed by atoms with E-state index in [1.165, 1.54) is 12.3 Å². The number of para-hydroxylation sites is 1. The summed E-state index contributed by atoms with van der Waals surface area (Å²) in [7, 11) is -3.57. The van der Waals surface area contributed by atoms with Crippen molar-refractivity contribution in [2.75, 3.05) is 0 Å². The molecule has 1 heterocycles. The normalized spacial score (nSPS) is 12.4. The Morgan fingerprint density at radius 3 is 2.71 bits per heavy atom. The Balaban J connectivity index is 2.64. The lowest BCUT2D eigenvalue weighted by Gasteiger charge is -2.10. The van der Waals surface area contributed by atoms with Crippen LogP contribution < -0.4 is 4.72 Å². The van der Waals surface area contributed by atoms with Gasteiger partial charge in [0.15, 0.2) is 0 Å². The van der Waals surface area contributed by atoms with E-state index in [2.05, 4.69) is 9.71 Å². The number of H-pyrrole nitrogens is 1. The fourth-order valence-corrected chi connectivity index (χ4v) is 3.15. The van der Waals surface area contributed by atoms with Gasteiger partial charge in [-0.1, -0.05) is 6.07 Å². The molecule has 0 saturated heterocycles. The van der Waals surface area contributed by atoms with Gasteiger partial charge in [0.2, 0.25) is 10.0 Å². The SMILES string of the molecule is CC(C)NS(=O)(=O)c1cccc2c(O)c[nH]c12. The Kier molecular flexibility index (Phi) is 2.84. The summed E-state index contributed by atoms with van der Waals surface area (Å²) in [5.41, 5.74) is 0.415. The van der Waals surface area contributed by atoms with Crippen molar-refractivity contribution >= 4 is 20.9 Å². The molecule has 92 valence electrons. The van der Waals surface area contributed by atoms with Crippen molar-refractivity contribution < 1.29 is 13.5 Å². The summed E-state index contributed by atoms with van der Waals surface area (Å²) in [4.78, 5) is 2.91. The monoisotopic (exact) mass is 254 g/mol. The average molecular weight is 254 g/mol. The van der Waals surface area contributed by atoms with Gasteiger partial charge in [-0.15, -0.1) is 0 Å². The standard InChI is InChI=1S/C11H14N2O3S/c1-7(2)13-17(15,16)10-5-3-4-8-9(14)6-12-11(8)10/h3-7,12-14H,1-2H3. The maximum atomic E-state index is 12.1. The predicted molar refractivity (Wildman–Crippen MR) is 65.4 cm³/mol. The number of benzene rings is 1. The van der Waals surface area contributed by atoms with Crippen molar-refractivity contribution in [3.8, 4) is 5.75 Å². The smallest absolute Gasteiger partial charge is 0.242 e. The van der Waals surface area contributed by atoms with Gasteiger partial charge in [0.05, 0.1) is 5.52 Å². The van der Waals surface area contributed by atoms with Crippen LogP contribution in [0.4, 0.5) is 0 Å². The van der Waals surface area contributed by atoms with Crippen molar-refractivity contribution in [3.63, 3.8) is 0 Å². The van der Waals surface area contributed by atoms with E-state index in [1.807, 2.05) is 0 Å².